The van der Waals surface area contributed by atoms with Gasteiger partial charge in [-0.15, -0.1) is 0 Å². The second-order valence-corrected chi connectivity index (χ2v) is 19.1. The molecule has 2 aromatic carbocycles. The molecule has 0 unspecified atom stereocenters. The van der Waals surface area contributed by atoms with E-state index in [-0.39, 0.29) is 18.0 Å². The van der Waals surface area contributed by atoms with Crippen molar-refractivity contribution in [1.29, 1.82) is 0 Å². The lowest BCUT2D eigenvalue weighted by Crippen LogP contribution is -2.50. The Hall–Kier alpha value is -7.08. The number of nitrogens with zero attached hydrogens (tertiary/aromatic N) is 13. The number of amides is 4. The fourth-order valence-corrected chi connectivity index (χ4v) is 9.54. The maximum Gasteiger partial charge on any atom is 0.322 e. The summed E-state index contributed by atoms with van der Waals surface area (Å²) in [6.45, 7) is 18.8. The predicted molar refractivity (Wildman–Crippen MR) is 287 cm³/mol. The molecule has 9 rings (SSSR count). The summed E-state index contributed by atoms with van der Waals surface area (Å²) < 4.78 is 10.9. The number of oxime groups is 2. The molecule has 5 saturated heterocycles. The van der Waals surface area contributed by atoms with Gasteiger partial charge in [0.15, 0.2) is 0 Å². The quantitative estimate of drug-likeness (QED) is 0.0615. The van der Waals surface area contributed by atoms with Gasteiger partial charge in [-0.3, -0.25) is 9.80 Å². The van der Waals surface area contributed by atoms with Crippen LogP contribution in [0.15, 0.2) is 65.4 Å². The summed E-state index contributed by atoms with van der Waals surface area (Å²) in [5.74, 6) is 2.23. The molecule has 2 aromatic heterocycles. The Balaban J connectivity index is 0.863. The molecule has 7 heterocycles. The molecule has 5 aliphatic rings. The van der Waals surface area contributed by atoms with Crippen molar-refractivity contribution in [2.75, 3.05) is 181 Å². The van der Waals surface area contributed by atoms with E-state index in [1.54, 1.807) is 17.3 Å². The van der Waals surface area contributed by atoms with Gasteiger partial charge in [-0.2, -0.15) is 0 Å². The number of hydrogen-bond acceptors (Lipinski definition) is 19. The van der Waals surface area contributed by atoms with Gasteiger partial charge < -0.3 is 65.3 Å². The number of piperazine rings is 2. The lowest BCUT2D eigenvalue weighted by atomic mass is 10.0. The number of nitrogens with one attached hydrogen (secondary N) is 3. The zero-order chi connectivity index (χ0) is 51.1. The van der Waals surface area contributed by atoms with Crippen molar-refractivity contribution in [3.63, 3.8) is 0 Å². The van der Waals surface area contributed by atoms with Crippen LogP contribution in [0.1, 0.15) is 49.3 Å². The summed E-state index contributed by atoms with van der Waals surface area (Å²) in [6, 6.07) is 13.7. The first-order chi connectivity index (χ1) is 36.3. The van der Waals surface area contributed by atoms with E-state index < -0.39 is 0 Å². The van der Waals surface area contributed by atoms with Gasteiger partial charge >= 0.3 is 12.1 Å². The van der Waals surface area contributed by atoms with E-state index in [1.807, 2.05) is 35.2 Å². The average Bonchev–Trinajstić information content (AvgIpc) is 3.99. The molecule has 0 saturated carbocycles. The average molecular weight is 1020 g/mol. The van der Waals surface area contributed by atoms with Gasteiger partial charge in [0.2, 0.25) is 0 Å². The summed E-state index contributed by atoms with van der Waals surface area (Å²) >= 11 is 0. The van der Waals surface area contributed by atoms with E-state index in [9.17, 15) is 9.59 Å². The SMILES string of the molecule is CC(C)c1ccc(NC(=O)N2CCN(c3ncnc(N)c3/C=N/OCCN3CCOCC3)CC2)c(Nc2ncnc(N3CCN(C(=O)Nc4ccc(N5CCCC5)cc4)CC3)c2/C=N/OCCN2CCOCC2)c1. The molecule has 74 heavy (non-hydrogen) atoms. The highest BCUT2D eigenvalue weighted by Gasteiger charge is 2.28. The first-order valence-corrected chi connectivity index (χ1v) is 26.0. The summed E-state index contributed by atoms with van der Waals surface area (Å²) in [4.78, 5) is 72.1. The highest BCUT2D eigenvalue weighted by Crippen LogP contribution is 2.33. The number of hydrogen-bond donors (Lipinski definition) is 4. The molecule has 4 amide bonds. The number of ether oxygens (including phenoxy) is 2. The summed E-state index contributed by atoms with van der Waals surface area (Å²) in [7, 11) is 0. The number of anilines is 8. The van der Waals surface area contributed by atoms with E-state index >= 15 is 0 Å². The Kier molecular flexibility index (Phi) is 18.0. The fourth-order valence-electron chi connectivity index (χ4n) is 9.54. The first kappa shape index (κ1) is 51.8. The topological polar surface area (TPSA) is 232 Å². The number of carbonyl (C=O) groups excluding carboxylic acids is 2. The maximum absolute atomic E-state index is 14.1. The van der Waals surface area contributed by atoms with E-state index in [4.69, 9.17) is 34.9 Å². The van der Waals surface area contributed by atoms with Crippen LogP contribution in [0.2, 0.25) is 0 Å². The molecule has 0 bridgehead atoms. The minimum absolute atomic E-state index is 0.146. The first-order valence-electron chi connectivity index (χ1n) is 26.0. The van der Waals surface area contributed by atoms with E-state index in [0.717, 1.165) is 70.3 Å². The van der Waals surface area contributed by atoms with Crippen molar-refractivity contribution in [2.45, 2.75) is 32.6 Å². The highest BCUT2D eigenvalue weighted by atomic mass is 16.6. The molecule has 0 radical (unpaired) electrons. The molecule has 0 aliphatic carbocycles. The van der Waals surface area contributed by atoms with Gasteiger partial charge in [0, 0.05) is 116 Å². The van der Waals surface area contributed by atoms with Crippen LogP contribution in [-0.2, 0) is 19.1 Å². The molecule has 5 aliphatic heterocycles. The van der Waals surface area contributed by atoms with Gasteiger partial charge in [0.25, 0.3) is 0 Å². The van der Waals surface area contributed by atoms with Crippen molar-refractivity contribution in [3.8, 4) is 0 Å². The van der Waals surface area contributed by atoms with E-state index in [0.29, 0.717) is 131 Å². The lowest BCUT2D eigenvalue weighted by molar-refractivity contribution is 0.0213. The monoisotopic (exact) mass is 1020 g/mol. The number of aromatic nitrogens is 4. The van der Waals surface area contributed by atoms with Crippen molar-refractivity contribution in [3.05, 3.63) is 71.8 Å². The number of benzene rings is 2. The number of carbonyl (C=O) groups is 2. The number of morpholine rings is 2. The molecule has 5 fully saturated rings. The normalized spacial score (nSPS) is 18.2. The Morgan fingerprint density at radius 1 is 0.635 bits per heavy atom. The second-order valence-electron chi connectivity index (χ2n) is 19.1. The second kappa shape index (κ2) is 25.7. The minimum atomic E-state index is -0.248. The lowest BCUT2D eigenvalue weighted by Gasteiger charge is -2.36. The third kappa shape index (κ3) is 13.7. The number of nitrogen functional groups attached to an aromatic ring is 1. The Morgan fingerprint density at radius 2 is 1.18 bits per heavy atom. The van der Waals surface area contributed by atoms with Crippen molar-refractivity contribution >= 4 is 70.5 Å². The molecule has 0 spiro atoms. The van der Waals surface area contributed by atoms with Crippen LogP contribution in [0.3, 0.4) is 0 Å². The summed E-state index contributed by atoms with van der Waals surface area (Å²) in [6.07, 6.45) is 8.58. The summed E-state index contributed by atoms with van der Waals surface area (Å²) in [5.41, 5.74) is 11.7. The maximum atomic E-state index is 14.1. The molecule has 23 heteroatoms. The molecule has 4 aromatic rings. The zero-order valence-corrected chi connectivity index (χ0v) is 42.7. The van der Waals surface area contributed by atoms with E-state index in [1.165, 1.54) is 31.2 Å². The predicted octanol–water partition coefficient (Wildman–Crippen LogP) is 4.39. The smallest absolute Gasteiger partial charge is 0.322 e. The molecule has 0 atom stereocenters. The van der Waals surface area contributed by atoms with E-state index in [2.05, 4.69) is 86.7 Å². The van der Waals surface area contributed by atoms with Crippen LogP contribution >= 0.6 is 0 Å². The van der Waals surface area contributed by atoms with Crippen LogP contribution in [0, 0.1) is 0 Å². The molecule has 5 N–H and O–H groups in total. The Morgan fingerprint density at radius 3 is 1.76 bits per heavy atom. The largest absolute Gasteiger partial charge is 0.394 e. The summed E-state index contributed by atoms with van der Waals surface area (Å²) in [5, 5.41) is 18.5. The van der Waals surface area contributed by atoms with Crippen molar-refractivity contribution in [2.24, 2.45) is 10.3 Å². The van der Waals surface area contributed by atoms with Crippen molar-refractivity contribution in [1.82, 2.24) is 39.5 Å². The van der Waals surface area contributed by atoms with Gasteiger partial charge in [-0.25, -0.2) is 29.5 Å². The van der Waals surface area contributed by atoms with Crippen LogP contribution in [0.5, 0.6) is 0 Å². The minimum Gasteiger partial charge on any atom is -0.394 e. The molecular formula is C51H71N17O6. The number of rotatable bonds is 18. The molecule has 396 valence electrons. The molecular weight excluding hydrogens is 947 g/mol. The van der Waals surface area contributed by atoms with Gasteiger partial charge in [-0.05, 0) is 60.7 Å². The van der Waals surface area contributed by atoms with Gasteiger partial charge in [0.1, 0.15) is 49.1 Å². The Bertz CT molecular complexity index is 2520. The van der Waals surface area contributed by atoms with Crippen molar-refractivity contribution < 1.29 is 28.7 Å². The van der Waals surface area contributed by atoms with Gasteiger partial charge in [0.05, 0.1) is 61.4 Å². The number of urea groups is 2. The van der Waals surface area contributed by atoms with Crippen LogP contribution in [-0.4, -0.2) is 208 Å². The number of nitrogens with two attached hydrogens (primary N) is 1. The standard InChI is InChI=1S/C51H71N17O6/c1-38(2)39-5-10-44(61-51(70)68-19-13-65(14-20-68)48-42(46(52)53-36-55-48)34-57-73-31-25-62-21-27-71-28-22-62)45(33-39)60-47-43(35-58-74-32-26-63-23-29-72-30-24-63)49(56-37-54-47)66-15-17-67(18-16-66)50(69)59-40-6-8-41(9-7-40)64-11-3-4-12-64/h5-10,33-38H,3-4,11-32H2,1-2H3,(H,59,69)(H,61,70)(H2,52,53,55)(H,54,56,60)/b57-34+,58-35+. The third-order valence-corrected chi connectivity index (χ3v) is 14.0. The van der Waals surface area contributed by atoms with Crippen LogP contribution in [0.4, 0.5) is 55.6 Å². The van der Waals surface area contributed by atoms with Crippen LogP contribution in [0.25, 0.3) is 0 Å². The third-order valence-electron chi connectivity index (χ3n) is 14.0. The fraction of sp³-hybridized carbons (Fsp3) is 0.529. The Labute approximate surface area is 433 Å². The van der Waals surface area contributed by atoms with Crippen LogP contribution < -0.4 is 36.4 Å². The van der Waals surface area contributed by atoms with Gasteiger partial charge in [-0.1, -0.05) is 30.2 Å². The zero-order valence-electron chi connectivity index (χ0n) is 42.7. The highest BCUT2D eigenvalue weighted by molar-refractivity contribution is 5.98. The molecule has 23 nitrogen and oxygen atoms in total.